The van der Waals surface area contributed by atoms with Crippen molar-refractivity contribution in [3.05, 3.63) is 36.4 Å². The molecule has 0 atom stereocenters. The van der Waals surface area contributed by atoms with Crippen LogP contribution in [0.2, 0.25) is 0 Å². The molecule has 0 heterocycles. The van der Waals surface area contributed by atoms with Crippen LogP contribution in [0.25, 0.3) is 0 Å². The van der Waals surface area contributed by atoms with Crippen LogP contribution in [0.4, 0.5) is 16.2 Å². The molecule has 0 fully saturated rings. The SMILES string of the molecule is CC(C)(C)/C=C/C(=O)Nc1ccc(NC(=O)CCNC(=O)OC(C)(C)C)cc1. The minimum atomic E-state index is -0.577. The molecular formula is C21H31N3O4. The molecule has 0 aromatic heterocycles. The van der Waals surface area contributed by atoms with Crippen LogP contribution in [-0.4, -0.2) is 30.1 Å². The van der Waals surface area contributed by atoms with Crippen molar-refractivity contribution in [2.45, 2.75) is 53.6 Å². The van der Waals surface area contributed by atoms with Crippen LogP contribution in [-0.2, 0) is 14.3 Å². The molecule has 154 valence electrons. The van der Waals surface area contributed by atoms with Crippen LogP contribution in [0.5, 0.6) is 0 Å². The van der Waals surface area contributed by atoms with Crippen molar-refractivity contribution in [1.29, 1.82) is 0 Å². The lowest BCUT2D eigenvalue weighted by Gasteiger charge is -2.19. The molecular weight excluding hydrogens is 358 g/mol. The molecule has 0 unspecified atom stereocenters. The van der Waals surface area contributed by atoms with Crippen molar-refractivity contribution in [1.82, 2.24) is 5.32 Å². The van der Waals surface area contributed by atoms with E-state index in [0.717, 1.165) is 0 Å². The van der Waals surface area contributed by atoms with Gasteiger partial charge in [0.05, 0.1) is 0 Å². The maximum Gasteiger partial charge on any atom is 0.407 e. The molecule has 0 aliphatic heterocycles. The van der Waals surface area contributed by atoms with Crippen LogP contribution >= 0.6 is 0 Å². The molecule has 0 radical (unpaired) electrons. The third-order valence-corrected chi connectivity index (χ3v) is 3.19. The lowest BCUT2D eigenvalue weighted by atomic mass is 9.96. The largest absolute Gasteiger partial charge is 0.444 e. The Labute approximate surface area is 166 Å². The van der Waals surface area contributed by atoms with Gasteiger partial charge in [-0.25, -0.2) is 4.79 Å². The molecule has 3 amide bonds. The maximum absolute atomic E-state index is 11.9. The summed E-state index contributed by atoms with van der Waals surface area (Å²) in [6, 6.07) is 6.80. The van der Waals surface area contributed by atoms with E-state index in [1.54, 1.807) is 45.0 Å². The smallest absolute Gasteiger partial charge is 0.407 e. The van der Waals surface area contributed by atoms with E-state index in [4.69, 9.17) is 4.74 Å². The summed E-state index contributed by atoms with van der Waals surface area (Å²) in [7, 11) is 0. The highest BCUT2D eigenvalue weighted by Crippen LogP contribution is 2.16. The Morgan fingerprint density at radius 3 is 1.96 bits per heavy atom. The average molecular weight is 389 g/mol. The number of amides is 3. The van der Waals surface area contributed by atoms with Gasteiger partial charge in [-0.2, -0.15) is 0 Å². The number of alkyl carbamates (subject to hydrolysis) is 1. The third kappa shape index (κ3) is 11.0. The van der Waals surface area contributed by atoms with E-state index < -0.39 is 11.7 Å². The molecule has 28 heavy (non-hydrogen) atoms. The normalized spacial score (nSPS) is 11.8. The van der Waals surface area contributed by atoms with Crippen LogP contribution in [0, 0.1) is 5.41 Å². The Kier molecular flexibility index (Phi) is 8.22. The summed E-state index contributed by atoms with van der Waals surface area (Å²) in [4.78, 5) is 35.3. The first kappa shape index (κ1) is 23.2. The molecule has 0 spiro atoms. The lowest BCUT2D eigenvalue weighted by Crippen LogP contribution is -2.34. The highest BCUT2D eigenvalue weighted by Gasteiger charge is 2.15. The fourth-order valence-corrected chi connectivity index (χ4v) is 1.96. The first-order chi connectivity index (χ1) is 12.8. The van der Waals surface area contributed by atoms with Gasteiger partial charge in [0.25, 0.3) is 0 Å². The van der Waals surface area contributed by atoms with Gasteiger partial charge < -0.3 is 20.7 Å². The zero-order chi connectivity index (χ0) is 21.4. The van der Waals surface area contributed by atoms with E-state index in [0.29, 0.717) is 11.4 Å². The van der Waals surface area contributed by atoms with E-state index in [-0.39, 0.29) is 30.2 Å². The molecule has 0 saturated carbocycles. The van der Waals surface area contributed by atoms with E-state index in [1.807, 2.05) is 26.8 Å². The quantitative estimate of drug-likeness (QED) is 0.639. The fraction of sp³-hybridized carbons (Fsp3) is 0.476. The molecule has 0 saturated heterocycles. The van der Waals surface area contributed by atoms with Gasteiger partial charge in [-0.05, 0) is 56.5 Å². The van der Waals surface area contributed by atoms with E-state index >= 15 is 0 Å². The van der Waals surface area contributed by atoms with Crippen LogP contribution < -0.4 is 16.0 Å². The van der Waals surface area contributed by atoms with Gasteiger partial charge >= 0.3 is 6.09 Å². The predicted octanol–water partition coefficient (Wildman–Crippen LogP) is 4.08. The summed E-state index contributed by atoms with van der Waals surface area (Å²) < 4.78 is 5.10. The molecule has 1 rings (SSSR count). The van der Waals surface area contributed by atoms with Crippen molar-refractivity contribution in [3.8, 4) is 0 Å². The number of hydrogen-bond acceptors (Lipinski definition) is 4. The minimum Gasteiger partial charge on any atom is -0.444 e. The second kappa shape index (κ2) is 9.92. The minimum absolute atomic E-state index is 0.0657. The van der Waals surface area contributed by atoms with Crippen molar-refractivity contribution < 1.29 is 19.1 Å². The number of ether oxygens (including phenoxy) is 1. The zero-order valence-electron chi connectivity index (χ0n) is 17.5. The van der Waals surface area contributed by atoms with Gasteiger partial charge in [0.15, 0.2) is 0 Å². The van der Waals surface area contributed by atoms with Crippen molar-refractivity contribution in [3.63, 3.8) is 0 Å². The summed E-state index contributed by atoms with van der Waals surface area (Å²) in [6.07, 6.45) is 2.91. The Hall–Kier alpha value is -2.83. The topological polar surface area (TPSA) is 96.5 Å². The molecule has 0 aliphatic rings. The van der Waals surface area contributed by atoms with E-state index in [2.05, 4.69) is 16.0 Å². The molecule has 7 heteroatoms. The summed E-state index contributed by atoms with van der Waals surface area (Å²) in [5.41, 5.74) is 0.592. The Bertz CT molecular complexity index is 711. The third-order valence-electron chi connectivity index (χ3n) is 3.19. The van der Waals surface area contributed by atoms with Gasteiger partial charge in [-0.1, -0.05) is 26.8 Å². The highest BCUT2D eigenvalue weighted by molar-refractivity contribution is 5.99. The van der Waals surface area contributed by atoms with Crippen LogP contribution in [0.1, 0.15) is 48.0 Å². The van der Waals surface area contributed by atoms with Crippen molar-refractivity contribution in [2.24, 2.45) is 5.41 Å². The van der Waals surface area contributed by atoms with E-state index in [9.17, 15) is 14.4 Å². The molecule has 1 aromatic rings. The Balaban J connectivity index is 2.41. The molecule has 1 aromatic carbocycles. The Morgan fingerprint density at radius 1 is 0.929 bits per heavy atom. The average Bonchev–Trinajstić information content (AvgIpc) is 2.52. The number of allylic oxidation sites excluding steroid dienone is 1. The number of benzene rings is 1. The van der Waals surface area contributed by atoms with E-state index in [1.165, 1.54) is 6.08 Å². The monoisotopic (exact) mass is 389 g/mol. The van der Waals surface area contributed by atoms with Gasteiger partial charge in [0, 0.05) is 24.3 Å². The lowest BCUT2D eigenvalue weighted by molar-refractivity contribution is -0.116. The first-order valence-corrected chi connectivity index (χ1v) is 9.21. The summed E-state index contributed by atoms with van der Waals surface area (Å²) in [5.74, 6) is -0.444. The van der Waals surface area contributed by atoms with Gasteiger partial charge in [-0.15, -0.1) is 0 Å². The molecule has 0 aliphatic carbocycles. The molecule has 0 bridgehead atoms. The molecule has 7 nitrogen and oxygen atoms in total. The second-order valence-electron chi connectivity index (χ2n) is 8.49. The van der Waals surface area contributed by atoms with Crippen LogP contribution in [0.3, 0.4) is 0 Å². The van der Waals surface area contributed by atoms with Gasteiger partial charge in [-0.3, -0.25) is 9.59 Å². The zero-order valence-corrected chi connectivity index (χ0v) is 17.5. The number of hydrogen-bond donors (Lipinski definition) is 3. The predicted molar refractivity (Wildman–Crippen MR) is 111 cm³/mol. The number of nitrogens with one attached hydrogen (secondary N) is 3. The second-order valence-corrected chi connectivity index (χ2v) is 8.49. The highest BCUT2D eigenvalue weighted by atomic mass is 16.6. The first-order valence-electron chi connectivity index (χ1n) is 9.21. The number of anilines is 2. The number of rotatable bonds is 6. The van der Waals surface area contributed by atoms with Gasteiger partial charge in [0.1, 0.15) is 5.60 Å². The fourth-order valence-electron chi connectivity index (χ4n) is 1.96. The van der Waals surface area contributed by atoms with Crippen molar-refractivity contribution in [2.75, 3.05) is 17.2 Å². The summed E-state index contributed by atoms with van der Waals surface area (Å²) in [5, 5.41) is 8.03. The standard InChI is InChI=1S/C21H31N3O4/c1-20(2,3)13-11-17(25)23-15-7-9-16(10-8-15)24-18(26)12-14-22-19(27)28-21(4,5)6/h7-11,13H,12,14H2,1-6H3,(H,22,27)(H,23,25)(H,24,26)/b13-11+. The maximum atomic E-state index is 11.9. The number of carbonyl (C=O) groups excluding carboxylic acids is 3. The van der Waals surface area contributed by atoms with Crippen molar-refractivity contribution >= 4 is 29.3 Å². The molecule has 3 N–H and O–H groups in total. The van der Waals surface area contributed by atoms with Gasteiger partial charge in [0.2, 0.25) is 11.8 Å². The number of carbonyl (C=O) groups is 3. The Morgan fingerprint density at radius 2 is 1.46 bits per heavy atom. The summed E-state index contributed by atoms with van der Waals surface area (Å²) >= 11 is 0. The summed E-state index contributed by atoms with van der Waals surface area (Å²) in [6.45, 7) is 11.5. The van der Waals surface area contributed by atoms with Crippen LogP contribution in [0.15, 0.2) is 36.4 Å².